The van der Waals surface area contributed by atoms with Gasteiger partial charge < -0.3 is 9.80 Å². The molecule has 0 aromatic carbocycles. The molecule has 0 aromatic rings. The molecule has 0 unspecified atom stereocenters. The maximum atomic E-state index is 12.5. The Kier molecular flexibility index (Phi) is 4.98. The molecule has 2 saturated heterocycles. The Morgan fingerprint density at radius 2 is 1.30 bits per heavy atom. The molecule has 3 aliphatic rings. The predicted octanol–water partition coefficient (Wildman–Crippen LogP) is 3.04. The second-order valence-electron chi connectivity index (χ2n) is 6.99. The van der Waals surface area contributed by atoms with Crippen LogP contribution < -0.4 is 0 Å². The van der Waals surface area contributed by atoms with E-state index in [1.54, 1.807) is 0 Å². The number of piperidine rings is 1. The van der Waals surface area contributed by atoms with Crippen molar-refractivity contribution in [3.63, 3.8) is 0 Å². The summed E-state index contributed by atoms with van der Waals surface area (Å²) in [7, 11) is 0. The molecule has 2 aliphatic heterocycles. The molecule has 2 heterocycles. The van der Waals surface area contributed by atoms with Gasteiger partial charge >= 0.3 is 0 Å². The van der Waals surface area contributed by atoms with Crippen LogP contribution in [0.25, 0.3) is 0 Å². The van der Waals surface area contributed by atoms with E-state index in [4.69, 9.17) is 0 Å². The Balaban J connectivity index is 1.47. The average Bonchev–Trinajstić information content (AvgIpc) is 2.89. The van der Waals surface area contributed by atoms with Gasteiger partial charge in [-0.15, -0.1) is 0 Å². The molecular formula is C17H30N2O. The van der Waals surface area contributed by atoms with E-state index in [0.717, 1.165) is 32.0 Å². The number of carbonyl (C=O) groups is 1. The first-order chi connectivity index (χ1) is 9.84. The van der Waals surface area contributed by atoms with Crippen molar-refractivity contribution in [2.45, 2.75) is 70.3 Å². The number of hydrogen-bond acceptors (Lipinski definition) is 2. The summed E-state index contributed by atoms with van der Waals surface area (Å²) >= 11 is 0. The Hall–Kier alpha value is -0.570. The second-order valence-corrected chi connectivity index (χ2v) is 6.99. The Labute approximate surface area is 123 Å². The maximum absolute atomic E-state index is 12.5. The molecule has 0 N–H and O–H groups in total. The zero-order chi connectivity index (χ0) is 13.8. The van der Waals surface area contributed by atoms with Crippen LogP contribution in [0.5, 0.6) is 0 Å². The smallest absolute Gasteiger partial charge is 0.225 e. The van der Waals surface area contributed by atoms with E-state index in [0.29, 0.717) is 11.8 Å². The van der Waals surface area contributed by atoms with Crippen LogP contribution in [-0.4, -0.2) is 47.9 Å². The lowest BCUT2D eigenvalue weighted by Crippen LogP contribution is -2.48. The van der Waals surface area contributed by atoms with Crippen LogP contribution in [0, 0.1) is 5.92 Å². The molecule has 0 bridgehead atoms. The number of carbonyl (C=O) groups excluding carboxylic acids is 1. The molecule has 114 valence electrons. The van der Waals surface area contributed by atoms with Gasteiger partial charge in [0, 0.05) is 25.0 Å². The van der Waals surface area contributed by atoms with Crippen molar-refractivity contribution >= 4 is 5.91 Å². The highest BCUT2D eigenvalue weighted by atomic mass is 16.2. The van der Waals surface area contributed by atoms with Crippen LogP contribution in [0.4, 0.5) is 0 Å². The Bertz CT molecular complexity index is 309. The van der Waals surface area contributed by atoms with Gasteiger partial charge in [-0.2, -0.15) is 0 Å². The van der Waals surface area contributed by atoms with Gasteiger partial charge in [0.15, 0.2) is 0 Å². The lowest BCUT2D eigenvalue weighted by atomic mass is 10.00. The van der Waals surface area contributed by atoms with Crippen molar-refractivity contribution in [1.29, 1.82) is 0 Å². The van der Waals surface area contributed by atoms with E-state index in [-0.39, 0.29) is 0 Å². The minimum atomic E-state index is 0.365. The van der Waals surface area contributed by atoms with Crippen LogP contribution in [0.3, 0.4) is 0 Å². The summed E-state index contributed by atoms with van der Waals surface area (Å²) < 4.78 is 0. The van der Waals surface area contributed by atoms with Crippen LogP contribution in [0.2, 0.25) is 0 Å². The molecule has 20 heavy (non-hydrogen) atoms. The van der Waals surface area contributed by atoms with Crippen molar-refractivity contribution < 1.29 is 4.79 Å². The third-order valence-corrected chi connectivity index (χ3v) is 5.64. The molecule has 3 nitrogen and oxygen atoms in total. The van der Waals surface area contributed by atoms with E-state index < -0.39 is 0 Å². The first-order valence-electron chi connectivity index (χ1n) is 8.87. The molecule has 1 aliphatic carbocycles. The lowest BCUT2D eigenvalue weighted by Gasteiger charge is -2.39. The van der Waals surface area contributed by atoms with Gasteiger partial charge in [-0.3, -0.25) is 4.79 Å². The first kappa shape index (κ1) is 14.4. The zero-order valence-electron chi connectivity index (χ0n) is 12.9. The fourth-order valence-corrected chi connectivity index (χ4v) is 4.34. The predicted molar refractivity (Wildman–Crippen MR) is 81.6 cm³/mol. The van der Waals surface area contributed by atoms with Gasteiger partial charge in [0.25, 0.3) is 0 Å². The summed E-state index contributed by atoms with van der Waals surface area (Å²) in [4.78, 5) is 17.3. The van der Waals surface area contributed by atoms with E-state index in [1.165, 1.54) is 64.5 Å². The van der Waals surface area contributed by atoms with Gasteiger partial charge in [-0.1, -0.05) is 25.7 Å². The number of hydrogen-bond donors (Lipinski definition) is 0. The first-order valence-corrected chi connectivity index (χ1v) is 8.87. The number of amides is 1. The van der Waals surface area contributed by atoms with Crippen LogP contribution >= 0.6 is 0 Å². The highest BCUT2D eigenvalue weighted by molar-refractivity contribution is 5.79. The van der Waals surface area contributed by atoms with Crippen LogP contribution in [0.15, 0.2) is 0 Å². The fraction of sp³-hybridized carbons (Fsp3) is 0.941. The maximum Gasteiger partial charge on any atom is 0.225 e. The summed E-state index contributed by atoms with van der Waals surface area (Å²) in [6.07, 6.45) is 12.8. The third kappa shape index (κ3) is 3.36. The van der Waals surface area contributed by atoms with Crippen molar-refractivity contribution in [2.24, 2.45) is 5.92 Å². The Morgan fingerprint density at radius 1 is 0.700 bits per heavy atom. The third-order valence-electron chi connectivity index (χ3n) is 5.64. The van der Waals surface area contributed by atoms with E-state index >= 15 is 0 Å². The van der Waals surface area contributed by atoms with Gasteiger partial charge in [0.1, 0.15) is 0 Å². The highest BCUT2D eigenvalue weighted by Gasteiger charge is 2.31. The SMILES string of the molecule is O=C(C1CCCC1)N1CCC(N2CCCCCC2)CC1. The topological polar surface area (TPSA) is 23.6 Å². The monoisotopic (exact) mass is 278 g/mol. The summed E-state index contributed by atoms with van der Waals surface area (Å²) in [6, 6.07) is 0.751. The molecule has 3 fully saturated rings. The quantitative estimate of drug-likeness (QED) is 0.775. The molecule has 3 heteroatoms. The van der Waals surface area contributed by atoms with Crippen molar-refractivity contribution in [3.8, 4) is 0 Å². The summed E-state index contributed by atoms with van der Waals surface area (Å²) in [5.74, 6) is 0.835. The zero-order valence-corrected chi connectivity index (χ0v) is 12.9. The van der Waals surface area contributed by atoms with E-state index in [2.05, 4.69) is 9.80 Å². The molecule has 3 rings (SSSR count). The molecule has 0 aromatic heterocycles. The standard InChI is InChI=1S/C17H30N2O/c20-17(15-7-3-4-8-15)19-13-9-16(10-14-19)18-11-5-1-2-6-12-18/h15-16H,1-14H2. The molecular weight excluding hydrogens is 248 g/mol. The molecule has 0 atom stereocenters. The van der Waals surface area contributed by atoms with Crippen molar-refractivity contribution in [2.75, 3.05) is 26.2 Å². The lowest BCUT2D eigenvalue weighted by molar-refractivity contribution is -0.136. The normalized spacial score (nSPS) is 27.7. The number of nitrogens with zero attached hydrogens (tertiary/aromatic N) is 2. The van der Waals surface area contributed by atoms with E-state index in [9.17, 15) is 4.79 Å². The fourth-order valence-electron chi connectivity index (χ4n) is 4.34. The highest BCUT2D eigenvalue weighted by Crippen LogP contribution is 2.28. The summed E-state index contributed by atoms with van der Waals surface area (Å²) in [6.45, 7) is 4.61. The molecule has 0 radical (unpaired) electrons. The average molecular weight is 278 g/mol. The summed E-state index contributed by atoms with van der Waals surface area (Å²) in [5.41, 5.74) is 0. The van der Waals surface area contributed by atoms with Crippen molar-refractivity contribution in [1.82, 2.24) is 9.80 Å². The van der Waals surface area contributed by atoms with Crippen molar-refractivity contribution in [3.05, 3.63) is 0 Å². The van der Waals surface area contributed by atoms with Gasteiger partial charge in [-0.05, 0) is 51.6 Å². The largest absolute Gasteiger partial charge is 0.342 e. The van der Waals surface area contributed by atoms with Crippen LogP contribution in [0.1, 0.15) is 64.2 Å². The number of likely N-dealkylation sites (tertiary alicyclic amines) is 2. The minimum absolute atomic E-state index is 0.365. The second kappa shape index (κ2) is 6.93. The van der Waals surface area contributed by atoms with Gasteiger partial charge in [0.05, 0.1) is 0 Å². The van der Waals surface area contributed by atoms with E-state index in [1.807, 2.05) is 0 Å². The van der Waals surface area contributed by atoms with Gasteiger partial charge in [0.2, 0.25) is 5.91 Å². The van der Waals surface area contributed by atoms with Gasteiger partial charge in [-0.25, -0.2) is 0 Å². The Morgan fingerprint density at radius 3 is 1.90 bits per heavy atom. The van der Waals surface area contributed by atoms with Crippen LogP contribution in [-0.2, 0) is 4.79 Å². The molecule has 0 spiro atoms. The minimum Gasteiger partial charge on any atom is -0.342 e. The number of rotatable bonds is 2. The molecule has 1 amide bonds. The summed E-state index contributed by atoms with van der Waals surface area (Å²) in [5, 5.41) is 0. The molecule has 1 saturated carbocycles.